The second-order valence-corrected chi connectivity index (χ2v) is 9.92. The van der Waals surface area contributed by atoms with Crippen molar-refractivity contribution in [3.05, 3.63) is 65.2 Å². The number of rotatable bonds is 7. The molecule has 162 valence electrons. The highest BCUT2D eigenvalue weighted by molar-refractivity contribution is 7.88. The predicted molar refractivity (Wildman–Crippen MR) is 118 cm³/mol. The summed E-state index contributed by atoms with van der Waals surface area (Å²) in [6, 6.07) is 15.5. The Bertz CT molecular complexity index is 948. The van der Waals surface area contributed by atoms with Crippen LogP contribution in [0.25, 0.3) is 0 Å². The molecule has 0 saturated carbocycles. The molecule has 1 atom stereocenters. The highest BCUT2D eigenvalue weighted by Crippen LogP contribution is 2.25. The van der Waals surface area contributed by atoms with Gasteiger partial charge < -0.3 is 10.1 Å². The smallest absolute Gasteiger partial charge is 0.223 e. The Balaban J connectivity index is 1.68. The van der Waals surface area contributed by atoms with E-state index in [1.54, 1.807) is 0 Å². The number of piperidine rings is 1. The largest absolute Gasteiger partial charge is 0.491 e. The van der Waals surface area contributed by atoms with Crippen LogP contribution in [0.15, 0.2) is 48.5 Å². The number of amides is 1. The van der Waals surface area contributed by atoms with E-state index in [1.165, 1.54) is 10.6 Å². The van der Waals surface area contributed by atoms with E-state index in [1.807, 2.05) is 62.4 Å². The highest BCUT2D eigenvalue weighted by atomic mass is 32.2. The van der Waals surface area contributed by atoms with Crippen molar-refractivity contribution in [3.8, 4) is 5.75 Å². The van der Waals surface area contributed by atoms with Crippen molar-refractivity contribution in [3.63, 3.8) is 0 Å². The van der Waals surface area contributed by atoms with Crippen LogP contribution in [0.4, 0.5) is 0 Å². The average molecular weight is 431 g/mol. The topological polar surface area (TPSA) is 75.7 Å². The standard InChI is InChI=1S/C23H30N2O4S/c1-17-8-7-9-18(2)22(17)29-16-21(19-10-5-4-6-11-19)24-23(26)20-12-14-25(15-13-20)30(3,27)28/h4-11,20-21H,12-16H2,1-3H3,(H,24,26)/t21-/m1/s1. The fraction of sp³-hybridized carbons (Fsp3) is 0.435. The Morgan fingerprint density at radius 1 is 1.07 bits per heavy atom. The molecule has 7 heteroatoms. The first-order valence-electron chi connectivity index (χ1n) is 10.2. The van der Waals surface area contributed by atoms with Crippen LogP contribution in [0.5, 0.6) is 5.75 Å². The Morgan fingerprint density at radius 3 is 2.23 bits per heavy atom. The molecule has 3 rings (SSSR count). The molecule has 1 fully saturated rings. The average Bonchev–Trinajstić information content (AvgIpc) is 2.72. The molecule has 1 amide bonds. The molecule has 1 heterocycles. The quantitative estimate of drug-likeness (QED) is 0.732. The first kappa shape index (κ1) is 22.3. The van der Waals surface area contributed by atoms with E-state index in [9.17, 15) is 13.2 Å². The summed E-state index contributed by atoms with van der Waals surface area (Å²) in [5, 5.41) is 3.13. The summed E-state index contributed by atoms with van der Waals surface area (Å²) in [5.41, 5.74) is 3.09. The van der Waals surface area contributed by atoms with Crippen LogP contribution >= 0.6 is 0 Å². The van der Waals surface area contributed by atoms with Crippen LogP contribution < -0.4 is 10.1 Å². The van der Waals surface area contributed by atoms with Gasteiger partial charge in [-0.3, -0.25) is 4.79 Å². The lowest BCUT2D eigenvalue weighted by molar-refractivity contribution is -0.127. The maximum absolute atomic E-state index is 12.9. The van der Waals surface area contributed by atoms with Crippen molar-refractivity contribution in [2.24, 2.45) is 5.92 Å². The Kier molecular flexibility index (Phi) is 7.15. The lowest BCUT2D eigenvalue weighted by Crippen LogP contribution is -2.44. The fourth-order valence-corrected chi connectivity index (χ4v) is 4.71. The van der Waals surface area contributed by atoms with Crippen LogP contribution in [0, 0.1) is 19.8 Å². The molecule has 30 heavy (non-hydrogen) atoms. The highest BCUT2D eigenvalue weighted by Gasteiger charge is 2.30. The van der Waals surface area contributed by atoms with E-state index in [4.69, 9.17) is 4.74 Å². The number of para-hydroxylation sites is 1. The van der Waals surface area contributed by atoms with Gasteiger partial charge in [0.1, 0.15) is 12.4 Å². The van der Waals surface area contributed by atoms with E-state index >= 15 is 0 Å². The van der Waals surface area contributed by atoms with Crippen LogP contribution in [0.3, 0.4) is 0 Å². The zero-order valence-electron chi connectivity index (χ0n) is 17.8. The van der Waals surface area contributed by atoms with E-state index < -0.39 is 10.0 Å². The third kappa shape index (κ3) is 5.61. The summed E-state index contributed by atoms with van der Waals surface area (Å²) < 4.78 is 31.0. The first-order valence-corrected chi connectivity index (χ1v) is 12.1. The van der Waals surface area contributed by atoms with E-state index in [2.05, 4.69) is 5.32 Å². The van der Waals surface area contributed by atoms with Crippen LogP contribution in [0.1, 0.15) is 35.6 Å². The second kappa shape index (κ2) is 9.62. The molecule has 1 aliphatic rings. The fourth-order valence-electron chi connectivity index (χ4n) is 3.84. The monoisotopic (exact) mass is 430 g/mol. The summed E-state index contributed by atoms with van der Waals surface area (Å²) in [5.74, 6) is 0.589. The van der Waals surface area contributed by atoms with Crippen molar-refractivity contribution >= 4 is 15.9 Å². The number of benzene rings is 2. The molecule has 2 aromatic rings. The first-order chi connectivity index (χ1) is 14.3. The summed E-state index contributed by atoms with van der Waals surface area (Å²) >= 11 is 0. The Morgan fingerprint density at radius 2 is 1.67 bits per heavy atom. The number of nitrogens with one attached hydrogen (secondary N) is 1. The lowest BCUT2D eigenvalue weighted by Gasteiger charge is -2.30. The normalized spacial score (nSPS) is 16.8. The van der Waals surface area contributed by atoms with Crippen molar-refractivity contribution in [1.82, 2.24) is 9.62 Å². The number of carbonyl (C=O) groups excluding carboxylic acids is 1. The molecule has 6 nitrogen and oxygen atoms in total. The van der Waals surface area contributed by atoms with Crippen LogP contribution in [-0.4, -0.2) is 44.6 Å². The molecule has 1 aliphatic heterocycles. The van der Waals surface area contributed by atoms with Gasteiger partial charge in [-0.05, 0) is 43.4 Å². The number of aryl methyl sites for hydroxylation is 2. The minimum Gasteiger partial charge on any atom is -0.491 e. The second-order valence-electron chi connectivity index (χ2n) is 7.94. The van der Waals surface area contributed by atoms with E-state index in [-0.39, 0.29) is 17.9 Å². The summed E-state index contributed by atoms with van der Waals surface area (Å²) in [6.45, 7) is 5.10. The summed E-state index contributed by atoms with van der Waals surface area (Å²) in [4.78, 5) is 12.9. The van der Waals surface area contributed by atoms with Gasteiger partial charge in [-0.2, -0.15) is 0 Å². The van der Waals surface area contributed by atoms with Gasteiger partial charge in [0.2, 0.25) is 15.9 Å². The molecule has 0 radical (unpaired) electrons. The Labute approximate surface area is 179 Å². The van der Waals surface area contributed by atoms with Gasteiger partial charge in [0.25, 0.3) is 0 Å². The number of ether oxygens (including phenoxy) is 1. The van der Waals surface area contributed by atoms with Gasteiger partial charge in [0, 0.05) is 19.0 Å². The maximum atomic E-state index is 12.9. The summed E-state index contributed by atoms with van der Waals surface area (Å²) in [7, 11) is -3.21. The number of nitrogens with zero attached hydrogens (tertiary/aromatic N) is 1. The molecule has 0 spiro atoms. The van der Waals surface area contributed by atoms with Gasteiger partial charge in [-0.25, -0.2) is 12.7 Å². The minimum atomic E-state index is -3.21. The number of hydrogen-bond donors (Lipinski definition) is 1. The minimum absolute atomic E-state index is 0.0536. The number of hydrogen-bond acceptors (Lipinski definition) is 4. The SMILES string of the molecule is Cc1cccc(C)c1OC[C@@H](NC(=O)C1CCN(S(C)(=O)=O)CC1)c1ccccc1. The van der Waals surface area contributed by atoms with Gasteiger partial charge in [0.05, 0.1) is 12.3 Å². The molecular weight excluding hydrogens is 400 g/mol. The van der Waals surface area contributed by atoms with Crippen molar-refractivity contribution in [1.29, 1.82) is 0 Å². The zero-order chi connectivity index (χ0) is 21.7. The molecule has 2 aromatic carbocycles. The van der Waals surface area contributed by atoms with Gasteiger partial charge in [-0.15, -0.1) is 0 Å². The zero-order valence-corrected chi connectivity index (χ0v) is 18.6. The third-order valence-electron chi connectivity index (χ3n) is 5.62. The third-order valence-corrected chi connectivity index (χ3v) is 6.92. The lowest BCUT2D eigenvalue weighted by atomic mass is 9.96. The van der Waals surface area contributed by atoms with Crippen molar-refractivity contribution in [2.75, 3.05) is 26.0 Å². The van der Waals surface area contributed by atoms with Gasteiger partial charge >= 0.3 is 0 Å². The maximum Gasteiger partial charge on any atom is 0.223 e. The molecular formula is C23H30N2O4S. The summed E-state index contributed by atoms with van der Waals surface area (Å²) in [6.07, 6.45) is 2.26. The number of sulfonamides is 1. The molecule has 0 aliphatic carbocycles. The molecule has 0 unspecified atom stereocenters. The van der Waals surface area contributed by atoms with E-state index in [0.29, 0.717) is 32.5 Å². The van der Waals surface area contributed by atoms with Gasteiger partial charge in [-0.1, -0.05) is 48.5 Å². The molecule has 1 N–H and O–H groups in total. The van der Waals surface area contributed by atoms with E-state index in [0.717, 1.165) is 22.4 Å². The molecule has 0 bridgehead atoms. The molecule has 1 saturated heterocycles. The Hall–Kier alpha value is -2.38. The van der Waals surface area contributed by atoms with Crippen molar-refractivity contribution in [2.45, 2.75) is 32.7 Å². The van der Waals surface area contributed by atoms with Crippen molar-refractivity contribution < 1.29 is 17.9 Å². The van der Waals surface area contributed by atoms with Gasteiger partial charge in [0.15, 0.2) is 0 Å². The molecule has 0 aromatic heterocycles. The van der Waals surface area contributed by atoms with Crippen LogP contribution in [-0.2, 0) is 14.8 Å². The predicted octanol–water partition coefficient (Wildman–Crippen LogP) is 3.21. The van der Waals surface area contributed by atoms with Crippen LogP contribution in [0.2, 0.25) is 0 Å². The number of carbonyl (C=O) groups is 1.